The second kappa shape index (κ2) is 8.03. The summed E-state index contributed by atoms with van der Waals surface area (Å²) in [6, 6.07) is 7.89. The molecule has 0 saturated carbocycles. The first-order valence-electron chi connectivity index (χ1n) is 10.1. The molecule has 1 aliphatic carbocycles. The first kappa shape index (κ1) is 19.1. The van der Waals surface area contributed by atoms with Crippen LogP contribution in [0.15, 0.2) is 41.6 Å². The number of aryl methyl sites for hydroxylation is 3. The third-order valence-corrected chi connectivity index (χ3v) is 5.58. The number of pyridine rings is 1. The second-order valence-corrected chi connectivity index (χ2v) is 7.36. The second-order valence-electron chi connectivity index (χ2n) is 7.36. The van der Waals surface area contributed by atoms with Crippen molar-refractivity contribution in [3.05, 3.63) is 75.2 Å². The molecule has 7 nitrogen and oxygen atoms in total. The molecule has 1 aromatic carbocycles. The topological polar surface area (TPSA) is 81.8 Å². The number of rotatable bonds is 6. The van der Waals surface area contributed by atoms with Crippen molar-refractivity contribution in [3.8, 4) is 5.69 Å². The van der Waals surface area contributed by atoms with Crippen molar-refractivity contribution in [1.29, 1.82) is 0 Å². The molecule has 1 aliphatic rings. The van der Waals surface area contributed by atoms with Crippen LogP contribution in [0.4, 0.5) is 0 Å². The van der Waals surface area contributed by atoms with Crippen LogP contribution in [0.2, 0.25) is 0 Å². The van der Waals surface area contributed by atoms with Gasteiger partial charge in [0.15, 0.2) is 0 Å². The Labute approximate surface area is 169 Å². The molecule has 0 radical (unpaired) electrons. The van der Waals surface area contributed by atoms with Crippen LogP contribution in [0.25, 0.3) is 5.69 Å². The molecular formula is C22H25N5O2. The molecule has 0 spiro atoms. The molecule has 4 rings (SSSR count). The Kier molecular flexibility index (Phi) is 5.29. The van der Waals surface area contributed by atoms with Crippen molar-refractivity contribution in [1.82, 2.24) is 24.6 Å². The predicted molar refractivity (Wildman–Crippen MR) is 111 cm³/mol. The monoisotopic (exact) mass is 391 g/mol. The van der Waals surface area contributed by atoms with Crippen molar-refractivity contribution in [2.75, 3.05) is 6.54 Å². The Morgan fingerprint density at radius 3 is 2.93 bits per heavy atom. The highest BCUT2D eigenvalue weighted by molar-refractivity contribution is 5.95. The van der Waals surface area contributed by atoms with E-state index in [1.54, 1.807) is 24.0 Å². The van der Waals surface area contributed by atoms with Crippen molar-refractivity contribution in [3.63, 3.8) is 0 Å². The lowest BCUT2D eigenvalue weighted by atomic mass is 10.1. The molecule has 1 amide bonds. The number of amides is 1. The van der Waals surface area contributed by atoms with E-state index in [1.165, 1.54) is 11.1 Å². The summed E-state index contributed by atoms with van der Waals surface area (Å²) in [5.74, 6) is 0.465. The lowest BCUT2D eigenvalue weighted by molar-refractivity contribution is 0.0951. The van der Waals surface area contributed by atoms with Crippen LogP contribution in [0.3, 0.4) is 0 Å². The molecule has 0 saturated heterocycles. The van der Waals surface area contributed by atoms with Gasteiger partial charge >= 0.3 is 0 Å². The number of nitrogens with one attached hydrogen (secondary N) is 1. The zero-order chi connectivity index (χ0) is 20.4. The number of hydrogen-bond acceptors (Lipinski definition) is 4. The zero-order valence-electron chi connectivity index (χ0n) is 16.8. The molecule has 2 heterocycles. The smallest absolute Gasteiger partial charge is 0.268 e. The van der Waals surface area contributed by atoms with Gasteiger partial charge in [-0.05, 0) is 61.9 Å². The molecule has 29 heavy (non-hydrogen) atoms. The van der Waals surface area contributed by atoms with E-state index in [-0.39, 0.29) is 17.0 Å². The fraction of sp³-hybridized carbons (Fsp3) is 0.364. The predicted octanol–water partition coefficient (Wildman–Crippen LogP) is 2.22. The van der Waals surface area contributed by atoms with Gasteiger partial charge < -0.3 is 9.88 Å². The maximum absolute atomic E-state index is 13.2. The van der Waals surface area contributed by atoms with E-state index in [4.69, 9.17) is 0 Å². The lowest BCUT2D eigenvalue weighted by Gasteiger charge is -2.14. The van der Waals surface area contributed by atoms with Crippen molar-refractivity contribution < 1.29 is 4.79 Å². The molecule has 0 bridgehead atoms. The largest absolute Gasteiger partial charge is 0.351 e. The normalized spacial score (nSPS) is 12.8. The van der Waals surface area contributed by atoms with E-state index in [2.05, 4.69) is 21.6 Å². The van der Waals surface area contributed by atoms with Crippen LogP contribution >= 0.6 is 0 Å². The summed E-state index contributed by atoms with van der Waals surface area (Å²) in [6.45, 7) is 4.98. The highest BCUT2D eigenvalue weighted by Crippen LogP contribution is 2.27. The number of nitrogens with zero attached hydrogens (tertiary/aromatic N) is 4. The van der Waals surface area contributed by atoms with Crippen LogP contribution in [0.5, 0.6) is 0 Å². The minimum atomic E-state index is -0.350. The van der Waals surface area contributed by atoms with Crippen molar-refractivity contribution >= 4 is 5.91 Å². The van der Waals surface area contributed by atoms with Gasteiger partial charge in [-0.1, -0.05) is 12.1 Å². The Morgan fingerprint density at radius 1 is 1.24 bits per heavy atom. The molecule has 2 aromatic heterocycles. The highest BCUT2D eigenvalue weighted by atomic mass is 16.2. The number of carbonyl (C=O) groups excluding carboxylic acids is 1. The molecule has 1 N–H and O–H groups in total. The molecule has 150 valence electrons. The van der Waals surface area contributed by atoms with E-state index in [0.717, 1.165) is 37.3 Å². The Balaban J connectivity index is 1.58. The number of benzene rings is 1. The molecule has 7 heteroatoms. The summed E-state index contributed by atoms with van der Waals surface area (Å²) < 4.78 is 3.54. The fourth-order valence-corrected chi connectivity index (χ4v) is 4.03. The maximum Gasteiger partial charge on any atom is 0.268 e. The van der Waals surface area contributed by atoms with Crippen LogP contribution < -0.4 is 10.9 Å². The number of hydrogen-bond donors (Lipinski definition) is 1. The van der Waals surface area contributed by atoms with Crippen LogP contribution in [-0.4, -0.2) is 31.8 Å². The quantitative estimate of drug-likeness (QED) is 0.699. The molecule has 0 fully saturated rings. The first-order valence-corrected chi connectivity index (χ1v) is 10.1. The molecular weight excluding hydrogens is 366 g/mol. The standard InChI is InChI=1S/C22H25N5O2/c1-3-26-14-24-25-19(26)10-12-23-21(28)20-15(2)11-13-27(22(20)29)18-9-5-7-16-6-4-8-17(16)18/h5,7,9,11,13-14H,3-4,6,8,10,12H2,1-2H3,(H,23,28). The third kappa shape index (κ3) is 3.60. The third-order valence-electron chi connectivity index (χ3n) is 5.58. The number of carbonyl (C=O) groups is 1. The first-order chi connectivity index (χ1) is 14.1. The van der Waals surface area contributed by atoms with Gasteiger partial charge in [-0.25, -0.2) is 0 Å². The van der Waals surface area contributed by atoms with E-state index in [0.29, 0.717) is 18.5 Å². The zero-order valence-corrected chi connectivity index (χ0v) is 16.8. The minimum absolute atomic E-state index is 0.194. The lowest BCUT2D eigenvalue weighted by Crippen LogP contribution is -2.35. The summed E-state index contributed by atoms with van der Waals surface area (Å²) in [7, 11) is 0. The molecule has 0 atom stereocenters. The van der Waals surface area contributed by atoms with Crippen LogP contribution in [-0.2, 0) is 25.8 Å². The number of aromatic nitrogens is 4. The van der Waals surface area contributed by atoms with Gasteiger partial charge in [-0.15, -0.1) is 10.2 Å². The van der Waals surface area contributed by atoms with Gasteiger partial charge in [0, 0.05) is 25.7 Å². The molecule has 0 aliphatic heterocycles. The van der Waals surface area contributed by atoms with Gasteiger partial charge in [0.05, 0.1) is 5.69 Å². The number of fused-ring (bicyclic) bond motifs is 1. The van der Waals surface area contributed by atoms with Gasteiger partial charge in [-0.2, -0.15) is 0 Å². The SMILES string of the molecule is CCn1cnnc1CCNC(=O)c1c(C)ccn(-c2cccc3c2CCC3)c1=O. The molecule has 3 aromatic rings. The summed E-state index contributed by atoms with van der Waals surface area (Å²) >= 11 is 0. The summed E-state index contributed by atoms with van der Waals surface area (Å²) in [5.41, 5.74) is 3.98. The van der Waals surface area contributed by atoms with Crippen molar-refractivity contribution in [2.24, 2.45) is 0 Å². The van der Waals surface area contributed by atoms with E-state index in [9.17, 15) is 9.59 Å². The van der Waals surface area contributed by atoms with Gasteiger partial charge in [0.25, 0.3) is 11.5 Å². The summed E-state index contributed by atoms with van der Waals surface area (Å²) in [6.07, 6.45) is 7.11. The summed E-state index contributed by atoms with van der Waals surface area (Å²) in [4.78, 5) is 26.0. The average Bonchev–Trinajstić information content (AvgIpc) is 3.37. The van der Waals surface area contributed by atoms with Crippen LogP contribution in [0, 0.1) is 6.92 Å². The highest BCUT2D eigenvalue weighted by Gasteiger charge is 2.20. The fourth-order valence-electron chi connectivity index (χ4n) is 4.03. The van der Waals surface area contributed by atoms with E-state index < -0.39 is 0 Å². The van der Waals surface area contributed by atoms with Crippen LogP contribution in [0.1, 0.15) is 46.2 Å². The Bertz CT molecular complexity index is 1110. The van der Waals surface area contributed by atoms with Crippen molar-refractivity contribution in [2.45, 2.75) is 46.1 Å². The van der Waals surface area contributed by atoms with E-state index >= 15 is 0 Å². The van der Waals surface area contributed by atoms with Gasteiger partial charge in [0.2, 0.25) is 0 Å². The summed E-state index contributed by atoms with van der Waals surface area (Å²) in [5, 5.41) is 10.8. The Hall–Kier alpha value is -3.22. The van der Waals surface area contributed by atoms with Gasteiger partial charge in [0.1, 0.15) is 17.7 Å². The Morgan fingerprint density at radius 2 is 2.10 bits per heavy atom. The minimum Gasteiger partial charge on any atom is -0.351 e. The maximum atomic E-state index is 13.2. The van der Waals surface area contributed by atoms with Gasteiger partial charge in [-0.3, -0.25) is 14.2 Å². The average molecular weight is 391 g/mol. The molecule has 0 unspecified atom stereocenters. The van der Waals surface area contributed by atoms with E-state index in [1.807, 2.05) is 29.7 Å².